The predicted molar refractivity (Wildman–Crippen MR) is 85.3 cm³/mol. The lowest BCUT2D eigenvalue weighted by Gasteiger charge is -2.30. The van der Waals surface area contributed by atoms with E-state index in [1.54, 1.807) is 30.2 Å². The topological polar surface area (TPSA) is 64.1 Å². The minimum atomic E-state index is -0.637. The Morgan fingerprint density at radius 1 is 1.43 bits per heavy atom. The SMILES string of the molecule is CCOC(=O)C(C)(CCCSc1ncccn1)NC(C)C. The molecule has 0 aliphatic heterocycles. The number of esters is 1. The molecule has 1 atom stereocenters. The Labute approximate surface area is 131 Å². The maximum Gasteiger partial charge on any atom is 0.326 e. The molecule has 0 spiro atoms. The van der Waals surface area contributed by atoms with Gasteiger partial charge in [0.05, 0.1) is 6.61 Å². The number of nitrogens with zero attached hydrogens (tertiary/aromatic N) is 2. The lowest BCUT2D eigenvalue weighted by molar-refractivity contribution is -0.151. The average Bonchev–Trinajstić information content (AvgIpc) is 2.44. The van der Waals surface area contributed by atoms with Gasteiger partial charge in [0.1, 0.15) is 5.54 Å². The lowest BCUT2D eigenvalue weighted by Crippen LogP contribution is -2.53. The summed E-state index contributed by atoms with van der Waals surface area (Å²) in [4.78, 5) is 20.5. The van der Waals surface area contributed by atoms with Crippen LogP contribution in [-0.4, -0.2) is 39.9 Å². The molecule has 1 unspecified atom stereocenters. The summed E-state index contributed by atoms with van der Waals surface area (Å²) in [6.45, 7) is 8.21. The van der Waals surface area contributed by atoms with Crippen molar-refractivity contribution in [1.29, 1.82) is 0 Å². The van der Waals surface area contributed by atoms with E-state index in [2.05, 4.69) is 15.3 Å². The van der Waals surface area contributed by atoms with Crippen molar-refractivity contribution < 1.29 is 9.53 Å². The molecule has 0 aliphatic rings. The van der Waals surface area contributed by atoms with Crippen molar-refractivity contribution in [3.8, 4) is 0 Å². The van der Waals surface area contributed by atoms with Crippen LogP contribution in [0.3, 0.4) is 0 Å². The summed E-state index contributed by atoms with van der Waals surface area (Å²) in [6, 6.07) is 2.03. The summed E-state index contributed by atoms with van der Waals surface area (Å²) in [5.74, 6) is 0.693. The number of ether oxygens (including phenoxy) is 1. The Balaban J connectivity index is 2.47. The van der Waals surface area contributed by atoms with Gasteiger partial charge in [-0.25, -0.2) is 9.97 Å². The number of thioether (sulfide) groups is 1. The van der Waals surface area contributed by atoms with Crippen LogP contribution >= 0.6 is 11.8 Å². The molecule has 21 heavy (non-hydrogen) atoms. The molecule has 6 heteroatoms. The molecule has 1 aromatic rings. The molecule has 5 nitrogen and oxygen atoms in total. The molecule has 118 valence electrons. The highest BCUT2D eigenvalue weighted by Gasteiger charge is 2.34. The van der Waals surface area contributed by atoms with Crippen molar-refractivity contribution in [2.45, 2.75) is 57.3 Å². The maximum absolute atomic E-state index is 12.1. The van der Waals surface area contributed by atoms with Gasteiger partial charge in [-0.2, -0.15) is 0 Å². The van der Waals surface area contributed by atoms with Gasteiger partial charge in [0.2, 0.25) is 0 Å². The van der Waals surface area contributed by atoms with E-state index in [4.69, 9.17) is 4.74 Å². The second kappa shape index (κ2) is 9.00. The molecule has 0 radical (unpaired) electrons. The Morgan fingerprint density at radius 3 is 2.67 bits per heavy atom. The van der Waals surface area contributed by atoms with Crippen LogP contribution in [0.5, 0.6) is 0 Å². The first kappa shape index (κ1) is 17.9. The van der Waals surface area contributed by atoms with Gasteiger partial charge in [0.25, 0.3) is 0 Å². The third-order valence-electron chi connectivity index (χ3n) is 2.93. The van der Waals surface area contributed by atoms with Crippen LogP contribution in [0.2, 0.25) is 0 Å². The molecule has 1 aromatic heterocycles. The standard InChI is InChI=1S/C15H25N3O2S/c1-5-20-13(19)15(4,18-12(2)3)8-6-11-21-14-16-9-7-10-17-14/h7,9-10,12,18H,5-6,8,11H2,1-4H3. The van der Waals surface area contributed by atoms with Gasteiger partial charge in [0, 0.05) is 24.2 Å². The smallest absolute Gasteiger partial charge is 0.326 e. The summed E-state index contributed by atoms with van der Waals surface area (Å²) in [7, 11) is 0. The molecule has 1 heterocycles. The average molecular weight is 311 g/mol. The Kier molecular flexibility index (Phi) is 7.67. The Morgan fingerprint density at radius 2 is 2.10 bits per heavy atom. The van der Waals surface area contributed by atoms with E-state index in [1.165, 1.54) is 0 Å². The summed E-state index contributed by atoms with van der Waals surface area (Å²) in [5, 5.41) is 4.09. The van der Waals surface area contributed by atoms with Gasteiger partial charge < -0.3 is 4.74 Å². The van der Waals surface area contributed by atoms with E-state index >= 15 is 0 Å². The Hall–Kier alpha value is -1.14. The fourth-order valence-corrected chi connectivity index (χ4v) is 2.85. The molecule has 0 saturated heterocycles. The van der Waals surface area contributed by atoms with Crippen molar-refractivity contribution in [1.82, 2.24) is 15.3 Å². The number of hydrogen-bond donors (Lipinski definition) is 1. The molecule has 1 rings (SSSR count). The second-order valence-corrected chi connectivity index (χ2v) is 6.40. The zero-order valence-corrected chi connectivity index (χ0v) is 14.1. The largest absolute Gasteiger partial charge is 0.465 e. The lowest BCUT2D eigenvalue weighted by atomic mass is 9.95. The van der Waals surface area contributed by atoms with E-state index in [9.17, 15) is 4.79 Å². The minimum Gasteiger partial charge on any atom is -0.465 e. The van der Waals surface area contributed by atoms with Gasteiger partial charge in [-0.3, -0.25) is 10.1 Å². The molecule has 0 aliphatic carbocycles. The number of carbonyl (C=O) groups excluding carboxylic acids is 1. The zero-order chi connectivity index (χ0) is 15.7. The van der Waals surface area contributed by atoms with Crippen LogP contribution in [0.15, 0.2) is 23.6 Å². The van der Waals surface area contributed by atoms with Crippen molar-refractivity contribution in [2.75, 3.05) is 12.4 Å². The molecule has 1 N–H and O–H groups in total. The first-order valence-corrected chi connectivity index (χ1v) is 8.31. The molecule has 0 fully saturated rings. The number of rotatable bonds is 9. The van der Waals surface area contributed by atoms with Crippen LogP contribution in [0, 0.1) is 0 Å². The van der Waals surface area contributed by atoms with E-state index in [-0.39, 0.29) is 12.0 Å². The van der Waals surface area contributed by atoms with Gasteiger partial charge in [0.15, 0.2) is 5.16 Å². The first-order chi connectivity index (χ1) is 9.98. The predicted octanol–water partition coefficient (Wildman–Crippen LogP) is 2.67. The molecule has 0 amide bonds. The number of carbonyl (C=O) groups is 1. The summed E-state index contributed by atoms with van der Waals surface area (Å²) < 4.78 is 5.19. The van der Waals surface area contributed by atoms with Gasteiger partial charge >= 0.3 is 5.97 Å². The van der Waals surface area contributed by atoms with E-state index in [0.29, 0.717) is 6.61 Å². The summed E-state index contributed by atoms with van der Waals surface area (Å²) in [6.07, 6.45) is 5.08. The van der Waals surface area contributed by atoms with Crippen molar-refractivity contribution in [3.63, 3.8) is 0 Å². The van der Waals surface area contributed by atoms with Crippen molar-refractivity contribution >= 4 is 17.7 Å². The highest BCUT2D eigenvalue weighted by atomic mass is 32.2. The third-order valence-corrected chi connectivity index (χ3v) is 3.89. The fraction of sp³-hybridized carbons (Fsp3) is 0.667. The quantitative estimate of drug-likeness (QED) is 0.327. The maximum atomic E-state index is 12.1. The minimum absolute atomic E-state index is 0.181. The molecule has 0 bridgehead atoms. The highest BCUT2D eigenvalue weighted by molar-refractivity contribution is 7.99. The van der Waals surface area contributed by atoms with Crippen LogP contribution in [-0.2, 0) is 9.53 Å². The van der Waals surface area contributed by atoms with Crippen molar-refractivity contribution in [2.24, 2.45) is 0 Å². The molecule has 0 saturated carbocycles. The van der Waals surface area contributed by atoms with Gasteiger partial charge in [-0.1, -0.05) is 11.8 Å². The number of hydrogen-bond acceptors (Lipinski definition) is 6. The van der Waals surface area contributed by atoms with Crippen LogP contribution in [0.1, 0.15) is 40.5 Å². The highest BCUT2D eigenvalue weighted by Crippen LogP contribution is 2.20. The Bertz CT molecular complexity index is 428. The first-order valence-electron chi connectivity index (χ1n) is 7.32. The number of aromatic nitrogens is 2. The fourth-order valence-electron chi connectivity index (χ4n) is 2.11. The van der Waals surface area contributed by atoms with E-state index in [0.717, 1.165) is 23.8 Å². The van der Waals surface area contributed by atoms with Crippen LogP contribution in [0.4, 0.5) is 0 Å². The number of nitrogens with one attached hydrogen (secondary N) is 1. The van der Waals surface area contributed by atoms with Gasteiger partial charge in [-0.05, 0) is 46.6 Å². The van der Waals surface area contributed by atoms with Gasteiger partial charge in [-0.15, -0.1) is 0 Å². The normalized spacial score (nSPS) is 14.0. The zero-order valence-electron chi connectivity index (χ0n) is 13.3. The van der Waals surface area contributed by atoms with E-state index < -0.39 is 5.54 Å². The van der Waals surface area contributed by atoms with Crippen LogP contribution in [0.25, 0.3) is 0 Å². The summed E-state index contributed by atoms with van der Waals surface area (Å²) >= 11 is 1.60. The van der Waals surface area contributed by atoms with Crippen LogP contribution < -0.4 is 5.32 Å². The monoisotopic (exact) mass is 311 g/mol. The molecular formula is C15H25N3O2S. The van der Waals surface area contributed by atoms with Crippen molar-refractivity contribution in [3.05, 3.63) is 18.5 Å². The molecular weight excluding hydrogens is 286 g/mol. The molecule has 0 aromatic carbocycles. The third kappa shape index (κ3) is 6.44. The van der Waals surface area contributed by atoms with E-state index in [1.807, 2.05) is 27.7 Å². The summed E-state index contributed by atoms with van der Waals surface area (Å²) in [5.41, 5.74) is -0.637. The second-order valence-electron chi connectivity index (χ2n) is 5.33.